The number of aryl methyl sites for hydroxylation is 1. The van der Waals surface area contributed by atoms with Gasteiger partial charge in [-0.2, -0.15) is 5.10 Å². The van der Waals surface area contributed by atoms with E-state index in [0.29, 0.717) is 12.0 Å². The Morgan fingerprint density at radius 2 is 2.09 bits per heavy atom. The fourth-order valence-corrected chi connectivity index (χ4v) is 4.51. The van der Waals surface area contributed by atoms with Gasteiger partial charge < -0.3 is 4.90 Å². The summed E-state index contributed by atoms with van der Waals surface area (Å²) >= 11 is 0. The predicted molar refractivity (Wildman–Crippen MR) is 95.3 cm³/mol. The minimum atomic E-state index is 0.520. The third-order valence-corrected chi connectivity index (χ3v) is 5.57. The number of piperidine rings is 1. The van der Waals surface area contributed by atoms with Gasteiger partial charge in [0.1, 0.15) is 0 Å². The highest BCUT2D eigenvalue weighted by Gasteiger charge is 2.32. The van der Waals surface area contributed by atoms with E-state index in [-0.39, 0.29) is 0 Å². The number of rotatable bonds is 5. The van der Waals surface area contributed by atoms with E-state index in [0.717, 1.165) is 5.92 Å². The van der Waals surface area contributed by atoms with E-state index in [1.54, 1.807) is 0 Å². The van der Waals surface area contributed by atoms with Crippen LogP contribution in [-0.2, 0) is 7.05 Å². The Labute approximate surface area is 141 Å². The van der Waals surface area contributed by atoms with E-state index in [1.165, 1.54) is 57.3 Å². The van der Waals surface area contributed by atoms with Gasteiger partial charge in [0.05, 0.1) is 6.20 Å². The second kappa shape index (κ2) is 7.63. The summed E-state index contributed by atoms with van der Waals surface area (Å²) in [6.07, 6.45) is 15.5. The summed E-state index contributed by atoms with van der Waals surface area (Å²) in [5.74, 6) is 1.56. The molecule has 0 radical (unpaired) electrons. The van der Waals surface area contributed by atoms with Crippen molar-refractivity contribution in [2.24, 2.45) is 18.9 Å². The third-order valence-electron chi connectivity index (χ3n) is 5.57. The molecule has 0 bridgehead atoms. The Balaban J connectivity index is 1.62. The van der Waals surface area contributed by atoms with E-state index in [9.17, 15) is 0 Å². The maximum atomic E-state index is 4.40. The quantitative estimate of drug-likeness (QED) is 0.780. The molecule has 0 saturated carbocycles. The molecule has 4 heteroatoms. The number of aromatic nitrogens is 2. The van der Waals surface area contributed by atoms with E-state index in [4.69, 9.17) is 0 Å². The van der Waals surface area contributed by atoms with Crippen LogP contribution in [0, 0.1) is 11.8 Å². The molecule has 128 valence electrons. The standard InChI is InChI=1S/C19H32N4/c1-21(13-16-8-5-4-6-9-16)14-17-10-7-11-22(2)19(17)18-12-20-23(3)15-18/h4-5,12,15-17,19H,6-11,13-14H2,1-3H3/t16-,17+,19-/m1/s1. The summed E-state index contributed by atoms with van der Waals surface area (Å²) in [6, 6.07) is 0.520. The van der Waals surface area contributed by atoms with E-state index in [1.807, 2.05) is 11.7 Å². The van der Waals surface area contributed by atoms with Crippen LogP contribution in [0.5, 0.6) is 0 Å². The molecule has 2 heterocycles. The molecule has 3 rings (SSSR count). The van der Waals surface area contributed by atoms with Crippen LogP contribution in [-0.4, -0.2) is 53.3 Å². The molecule has 1 aromatic rings. The number of hydrogen-bond acceptors (Lipinski definition) is 3. The lowest BCUT2D eigenvalue weighted by Crippen LogP contribution is -2.41. The highest BCUT2D eigenvalue weighted by atomic mass is 15.3. The van der Waals surface area contributed by atoms with Gasteiger partial charge in [-0.05, 0) is 64.6 Å². The Morgan fingerprint density at radius 3 is 2.78 bits per heavy atom. The lowest BCUT2D eigenvalue weighted by molar-refractivity contribution is 0.0893. The summed E-state index contributed by atoms with van der Waals surface area (Å²) in [7, 11) is 6.60. The zero-order valence-corrected chi connectivity index (χ0v) is 15.0. The molecule has 1 aliphatic heterocycles. The summed E-state index contributed by atoms with van der Waals surface area (Å²) in [4.78, 5) is 5.11. The van der Waals surface area contributed by atoms with Crippen LogP contribution < -0.4 is 0 Å². The lowest BCUT2D eigenvalue weighted by Gasteiger charge is -2.41. The molecule has 2 aliphatic rings. The van der Waals surface area contributed by atoms with Crippen LogP contribution in [0.15, 0.2) is 24.5 Å². The molecule has 1 aromatic heterocycles. The number of likely N-dealkylation sites (tertiary alicyclic amines) is 1. The predicted octanol–water partition coefficient (Wildman–Crippen LogP) is 3.09. The molecule has 1 aliphatic carbocycles. The second-order valence-electron chi connectivity index (χ2n) is 7.65. The molecule has 0 amide bonds. The van der Waals surface area contributed by atoms with E-state index >= 15 is 0 Å². The van der Waals surface area contributed by atoms with Crippen molar-refractivity contribution in [1.29, 1.82) is 0 Å². The van der Waals surface area contributed by atoms with Crippen molar-refractivity contribution in [3.8, 4) is 0 Å². The molecule has 1 fully saturated rings. The van der Waals surface area contributed by atoms with Gasteiger partial charge in [-0.1, -0.05) is 12.2 Å². The van der Waals surface area contributed by atoms with Crippen LogP contribution in [0.25, 0.3) is 0 Å². The first-order valence-electron chi connectivity index (χ1n) is 9.16. The van der Waals surface area contributed by atoms with Crippen molar-refractivity contribution in [2.45, 2.75) is 38.1 Å². The van der Waals surface area contributed by atoms with Gasteiger partial charge in [0.2, 0.25) is 0 Å². The zero-order valence-electron chi connectivity index (χ0n) is 15.0. The molecule has 0 spiro atoms. The highest BCUT2D eigenvalue weighted by molar-refractivity contribution is 5.13. The van der Waals surface area contributed by atoms with Gasteiger partial charge in [-0.15, -0.1) is 0 Å². The Bertz CT molecular complexity index is 521. The van der Waals surface area contributed by atoms with Crippen LogP contribution in [0.1, 0.15) is 43.7 Å². The fraction of sp³-hybridized carbons (Fsp3) is 0.737. The molecule has 3 atom stereocenters. The smallest absolute Gasteiger partial charge is 0.0537 e. The van der Waals surface area contributed by atoms with Crippen LogP contribution >= 0.6 is 0 Å². The molecule has 4 nitrogen and oxygen atoms in total. The molecular formula is C19H32N4. The largest absolute Gasteiger partial charge is 0.306 e. The Kier molecular flexibility index (Phi) is 5.54. The van der Waals surface area contributed by atoms with E-state index < -0.39 is 0 Å². The first kappa shape index (κ1) is 16.7. The fourth-order valence-electron chi connectivity index (χ4n) is 4.51. The van der Waals surface area contributed by atoms with Crippen LogP contribution in [0.3, 0.4) is 0 Å². The average Bonchev–Trinajstić information content (AvgIpc) is 2.94. The maximum absolute atomic E-state index is 4.40. The topological polar surface area (TPSA) is 24.3 Å². The number of nitrogens with zero attached hydrogens (tertiary/aromatic N) is 4. The summed E-state index contributed by atoms with van der Waals surface area (Å²) in [6.45, 7) is 3.64. The van der Waals surface area contributed by atoms with Gasteiger partial charge in [-0.3, -0.25) is 9.58 Å². The van der Waals surface area contributed by atoms with Gasteiger partial charge in [0.25, 0.3) is 0 Å². The van der Waals surface area contributed by atoms with Gasteiger partial charge >= 0.3 is 0 Å². The molecule has 0 N–H and O–H groups in total. The van der Waals surface area contributed by atoms with Crippen LogP contribution in [0.4, 0.5) is 0 Å². The summed E-state index contributed by atoms with van der Waals surface area (Å²) in [5.41, 5.74) is 1.38. The first-order valence-corrected chi connectivity index (χ1v) is 9.16. The lowest BCUT2D eigenvalue weighted by atomic mass is 9.85. The summed E-state index contributed by atoms with van der Waals surface area (Å²) in [5, 5.41) is 4.40. The van der Waals surface area contributed by atoms with Crippen molar-refractivity contribution >= 4 is 0 Å². The van der Waals surface area contributed by atoms with Crippen molar-refractivity contribution in [1.82, 2.24) is 19.6 Å². The van der Waals surface area contributed by atoms with Crippen LogP contribution in [0.2, 0.25) is 0 Å². The molecule has 0 aromatic carbocycles. The minimum absolute atomic E-state index is 0.520. The minimum Gasteiger partial charge on any atom is -0.306 e. The SMILES string of the molecule is CN(C[C@@H]1CC=CCC1)C[C@@H]1CCCN(C)[C@H]1c1cnn(C)c1. The van der Waals surface area contributed by atoms with Gasteiger partial charge in [0, 0.05) is 37.9 Å². The normalized spacial score (nSPS) is 29.3. The summed E-state index contributed by atoms with van der Waals surface area (Å²) < 4.78 is 1.94. The third kappa shape index (κ3) is 4.24. The maximum Gasteiger partial charge on any atom is 0.0537 e. The second-order valence-corrected chi connectivity index (χ2v) is 7.65. The van der Waals surface area contributed by atoms with Crippen molar-refractivity contribution in [3.63, 3.8) is 0 Å². The zero-order chi connectivity index (χ0) is 16.2. The molecule has 1 saturated heterocycles. The first-order chi connectivity index (χ1) is 11.1. The van der Waals surface area contributed by atoms with E-state index in [2.05, 4.69) is 53.5 Å². The molecule has 23 heavy (non-hydrogen) atoms. The monoisotopic (exact) mass is 316 g/mol. The van der Waals surface area contributed by atoms with Crippen molar-refractivity contribution in [2.75, 3.05) is 33.7 Å². The Hall–Kier alpha value is -1.13. The number of allylic oxidation sites excluding steroid dienone is 2. The molecular weight excluding hydrogens is 284 g/mol. The Morgan fingerprint density at radius 1 is 1.22 bits per heavy atom. The molecule has 0 unspecified atom stereocenters. The van der Waals surface area contributed by atoms with Crippen molar-refractivity contribution in [3.05, 3.63) is 30.1 Å². The highest BCUT2D eigenvalue weighted by Crippen LogP contribution is 2.35. The van der Waals surface area contributed by atoms with Gasteiger partial charge in [-0.25, -0.2) is 0 Å². The number of hydrogen-bond donors (Lipinski definition) is 0. The van der Waals surface area contributed by atoms with Crippen molar-refractivity contribution < 1.29 is 0 Å². The average molecular weight is 316 g/mol. The van der Waals surface area contributed by atoms with Gasteiger partial charge in [0.15, 0.2) is 0 Å².